The average Bonchev–Trinajstić information content (AvgIpc) is 2.49. The molecule has 23 heavy (non-hydrogen) atoms. The molecule has 120 valence electrons. The number of halogens is 1. The van der Waals surface area contributed by atoms with E-state index in [4.69, 9.17) is 0 Å². The Labute approximate surface area is 134 Å². The van der Waals surface area contributed by atoms with Crippen LogP contribution in [0.4, 0.5) is 10.1 Å². The van der Waals surface area contributed by atoms with Gasteiger partial charge >= 0.3 is 0 Å². The summed E-state index contributed by atoms with van der Waals surface area (Å²) in [5, 5.41) is 2.63. The first kappa shape index (κ1) is 16.7. The van der Waals surface area contributed by atoms with Crippen molar-refractivity contribution in [1.29, 1.82) is 0 Å². The van der Waals surface area contributed by atoms with Crippen LogP contribution in [0.2, 0.25) is 0 Å². The fourth-order valence-corrected chi connectivity index (χ4v) is 2.28. The lowest BCUT2D eigenvalue weighted by molar-refractivity contribution is -0.116. The molecule has 4 nitrogen and oxygen atoms in total. The summed E-state index contributed by atoms with van der Waals surface area (Å²) in [6.07, 6.45) is 0. The van der Waals surface area contributed by atoms with Crippen LogP contribution in [0.3, 0.4) is 0 Å². The van der Waals surface area contributed by atoms with Gasteiger partial charge < -0.3 is 10.2 Å². The topological polar surface area (TPSA) is 49.4 Å². The molecule has 2 aromatic rings. The van der Waals surface area contributed by atoms with Crippen LogP contribution in [0.15, 0.2) is 42.5 Å². The van der Waals surface area contributed by atoms with Gasteiger partial charge in [-0.1, -0.05) is 17.7 Å². The summed E-state index contributed by atoms with van der Waals surface area (Å²) >= 11 is 0. The van der Waals surface area contributed by atoms with Crippen LogP contribution in [0.25, 0.3) is 0 Å². The van der Waals surface area contributed by atoms with E-state index in [2.05, 4.69) is 5.32 Å². The fourth-order valence-electron chi connectivity index (χ4n) is 2.28. The minimum Gasteiger partial charge on any atom is -0.332 e. The molecule has 0 saturated carbocycles. The molecule has 0 heterocycles. The first-order valence-electron chi connectivity index (χ1n) is 7.25. The highest BCUT2D eigenvalue weighted by Crippen LogP contribution is 2.13. The third-order valence-electron chi connectivity index (χ3n) is 3.47. The smallest absolute Gasteiger partial charge is 0.254 e. The second-order valence-electron chi connectivity index (χ2n) is 5.53. The van der Waals surface area contributed by atoms with E-state index in [1.54, 1.807) is 13.1 Å². The number of hydrogen-bond acceptors (Lipinski definition) is 2. The molecule has 0 spiro atoms. The molecule has 0 radical (unpaired) electrons. The van der Waals surface area contributed by atoms with Crippen LogP contribution in [0.1, 0.15) is 21.5 Å². The van der Waals surface area contributed by atoms with Crippen molar-refractivity contribution in [3.63, 3.8) is 0 Å². The summed E-state index contributed by atoms with van der Waals surface area (Å²) in [4.78, 5) is 25.7. The molecule has 0 atom stereocenters. The van der Waals surface area contributed by atoms with Crippen molar-refractivity contribution in [3.8, 4) is 0 Å². The summed E-state index contributed by atoms with van der Waals surface area (Å²) in [6.45, 7) is 3.75. The van der Waals surface area contributed by atoms with Crippen LogP contribution in [0.5, 0.6) is 0 Å². The van der Waals surface area contributed by atoms with Crippen molar-refractivity contribution in [1.82, 2.24) is 4.90 Å². The summed E-state index contributed by atoms with van der Waals surface area (Å²) in [7, 11) is 1.58. The third-order valence-corrected chi connectivity index (χ3v) is 3.47. The number of anilines is 1. The Morgan fingerprint density at radius 1 is 1.09 bits per heavy atom. The zero-order valence-electron chi connectivity index (χ0n) is 13.4. The number of nitrogens with zero attached hydrogens (tertiary/aromatic N) is 1. The molecular weight excluding hydrogens is 295 g/mol. The van der Waals surface area contributed by atoms with Gasteiger partial charge in [0.2, 0.25) is 5.91 Å². The minimum absolute atomic E-state index is 0.0798. The SMILES string of the molecule is Cc1ccc(C(=O)N(C)CC(=O)Nc2ccc(F)cc2)c(C)c1. The van der Waals surface area contributed by atoms with Gasteiger partial charge in [0.05, 0.1) is 6.54 Å². The monoisotopic (exact) mass is 314 g/mol. The summed E-state index contributed by atoms with van der Waals surface area (Å²) in [5.74, 6) is -0.917. The molecule has 0 aliphatic rings. The highest BCUT2D eigenvalue weighted by Gasteiger charge is 2.16. The van der Waals surface area contributed by atoms with E-state index in [-0.39, 0.29) is 24.2 Å². The Balaban J connectivity index is 2.00. The van der Waals surface area contributed by atoms with Gasteiger partial charge in [0.1, 0.15) is 5.82 Å². The van der Waals surface area contributed by atoms with E-state index in [0.29, 0.717) is 11.3 Å². The first-order chi connectivity index (χ1) is 10.9. The number of benzene rings is 2. The van der Waals surface area contributed by atoms with Crippen molar-refractivity contribution in [2.24, 2.45) is 0 Å². The van der Waals surface area contributed by atoms with E-state index in [0.717, 1.165) is 11.1 Å². The highest BCUT2D eigenvalue weighted by molar-refractivity contribution is 6.00. The maximum atomic E-state index is 12.8. The zero-order chi connectivity index (χ0) is 17.0. The molecular formula is C18H19FN2O2. The van der Waals surface area contributed by atoms with Crippen molar-refractivity contribution < 1.29 is 14.0 Å². The number of nitrogens with one attached hydrogen (secondary N) is 1. The van der Waals surface area contributed by atoms with Gasteiger partial charge in [-0.05, 0) is 49.7 Å². The number of aryl methyl sites for hydroxylation is 2. The molecule has 2 aromatic carbocycles. The van der Waals surface area contributed by atoms with Crippen LogP contribution in [-0.4, -0.2) is 30.3 Å². The predicted octanol–water partition coefficient (Wildman–Crippen LogP) is 3.15. The van der Waals surface area contributed by atoms with E-state index in [1.165, 1.54) is 29.2 Å². The number of likely N-dealkylation sites (N-methyl/N-ethyl adjacent to an activating group) is 1. The summed E-state index contributed by atoms with van der Waals surface area (Å²) < 4.78 is 12.8. The largest absolute Gasteiger partial charge is 0.332 e. The van der Waals surface area contributed by atoms with Gasteiger partial charge in [-0.2, -0.15) is 0 Å². The van der Waals surface area contributed by atoms with E-state index < -0.39 is 0 Å². The van der Waals surface area contributed by atoms with Crippen molar-refractivity contribution in [2.45, 2.75) is 13.8 Å². The molecule has 0 saturated heterocycles. The zero-order valence-corrected chi connectivity index (χ0v) is 13.4. The molecule has 0 unspecified atom stereocenters. The Bertz CT molecular complexity index is 726. The van der Waals surface area contributed by atoms with Crippen LogP contribution in [-0.2, 0) is 4.79 Å². The minimum atomic E-state index is -0.370. The van der Waals surface area contributed by atoms with Crippen molar-refractivity contribution in [3.05, 3.63) is 65.0 Å². The summed E-state index contributed by atoms with van der Waals surface area (Å²) in [5.41, 5.74) is 3.02. The number of amides is 2. The molecule has 0 aliphatic carbocycles. The molecule has 1 N–H and O–H groups in total. The number of carbonyl (C=O) groups is 2. The molecule has 0 aromatic heterocycles. The first-order valence-corrected chi connectivity index (χ1v) is 7.25. The second kappa shape index (κ2) is 7.05. The quantitative estimate of drug-likeness (QED) is 0.942. The van der Waals surface area contributed by atoms with Crippen molar-refractivity contribution in [2.75, 3.05) is 18.9 Å². The van der Waals surface area contributed by atoms with Gasteiger partial charge in [-0.25, -0.2) is 4.39 Å². The predicted molar refractivity (Wildman–Crippen MR) is 87.9 cm³/mol. The lowest BCUT2D eigenvalue weighted by atomic mass is 10.0. The standard InChI is InChI=1S/C18H19FN2O2/c1-12-4-9-16(13(2)10-12)18(23)21(3)11-17(22)20-15-7-5-14(19)6-8-15/h4-10H,11H2,1-3H3,(H,20,22). The molecule has 0 fully saturated rings. The molecule has 2 amide bonds. The maximum absolute atomic E-state index is 12.8. The van der Waals surface area contributed by atoms with Crippen LogP contribution < -0.4 is 5.32 Å². The molecule has 2 rings (SSSR count). The molecule has 5 heteroatoms. The normalized spacial score (nSPS) is 10.3. The lowest BCUT2D eigenvalue weighted by Gasteiger charge is -2.18. The summed E-state index contributed by atoms with van der Waals surface area (Å²) in [6, 6.07) is 11.0. The molecule has 0 aliphatic heterocycles. The molecule has 0 bridgehead atoms. The Morgan fingerprint density at radius 3 is 2.35 bits per heavy atom. The van der Waals surface area contributed by atoms with Gasteiger partial charge in [-0.3, -0.25) is 9.59 Å². The Kier molecular flexibility index (Phi) is 5.11. The Morgan fingerprint density at radius 2 is 1.74 bits per heavy atom. The van der Waals surface area contributed by atoms with Crippen molar-refractivity contribution >= 4 is 17.5 Å². The van der Waals surface area contributed by atoms with Gasteiger partial charge in [0.15, 0.2) is 0 Å². The van der Waals surface area contributed by atoms with Gasteiger partial charge in [0.25, 0.3) is 5.91 Å². The van der Waals surface area contributed by atoms with E-state index in [9.17, 15) is 14.0 Å². The second-order valence-corrected chi connectivity index (χ2v) is 5.53. The van der Waals surface area contributed by atoms with Crippen LogP contribution >= 0.6 is 0 Å². The van der Waals surface area contributed by atoms with Gasteiger partial charge in [0, 0.05) is 18.3 Å². The highest BCUT2D eigenvalue weighted by atomic mass is 19.1. The lowest BCUT2D eigenvalue weighted by Crippen LogP contribution is -2.35. The third kappa shape index (κ3) is 4.39. The number of hydrogen-bond donors (Lipinski definition) is 1. The number of rotatable bonds is 4. The van der Waals surface area contributed by atoms with E-state index >= 15 is 0 Å². The van der Waals surface area contributed by atoms with Crippen LogP contribution in [0, 0.1) is 19.7 Å². The number of carbonyl (C=O) groups excluding carboxylic acids is 2. The van der Waals surface area contributed by atoms with E-state index in [1.807, 2.05) is 26.0 Å². The Hall–Kier alpha value is -2.69. The van der Waals surface area contributed by atoms with Gasteiger partial charge in [-0.15, -0.1) is 0 Å². The average molecular weight is 314 g/mol. The fraction of sp³-hybridized carbons (Fsp3) is 0.222. The maximum Gasteiger partial charge on any atom is 0.254 e.